The van der Waals surface area contributed by atoms with Crippen LogP contribution in [0.25, 0.3) is 27.8 Å². The first kappa shape index (κ1) is 23.8. The molecular weight excluding hydrogens is 482 g/mol. The molecule has 0 aliphatic rings. The van der Waals surface area contributed by atoms with Gasteiger partial charge in [0.25, 0.3) is 0 Å². The average molecular weight is 506 g/mol. The quantitative estimate of drug-likeness (QED) is 0.190. The van der Waals surface area contributed by atoms with Gasteiger partial charge >= 0.3 is 0 Å². The van der Waals surface area contributed by atoms with Crippen LogP contribution < -0.4 is 15.9 Å². The molecular formula is C28H23N7OS. The molecule has 0 aliphatic carbocycles. The first-order valence-electron chi connectivity index (χ1n) is 11.5. The van der Waals surface area contributed by atoms with Gasteiger partial charge in [-0.2, -0.15) is 15.5 Å². The Labute approximate surface area is 219 Å². The number of hydrogen-bond donors (Lipinski definition) is 2. The van der Waals surface area contributed by atoms with E-state index in [-0.39, 0.29) is 5.11 Å². The van der Waals surface area contributed by atoms with Crippen molar-refractivity contribution in [1.29, 1.82) is 5.26 Å². The number of hydrazone groups is 1. The Morgan fingerprint density at radius 2 is 1.92 bits per heavy atom. The smallest absolute Gasteiger partial charge is 0.184 e. The largest absolute Gasteiger partial charge is 0.497 e. The van der Waals surface area contributed by atoms with E-state index in [1.807, 2.05) is 89.9 Å². The highest BCUT2D eigenvalue weighted by atomic mass is 32.1. The molecule has 0 amide bonds. The molecule has 0 spiro atoms. The zero-order valence-electron chi connectivity index (χ0n) is 20.0. The minimum atomic E-state index is 0.0789. The molecule has 0 atom stereocenters. The third-order valence-electron chi connectivity index (χ3n) is 5.93. The van der Waals surface area contributed by atoms with Crippen LogP contribution in [-0.4, -0.2) is 32.8 Å². The minimum absolute atomic E-state index is 0.0789. The topological polar surface area (TPSA) is 106 Å². The van der Waals surface area contributed by atoms with Crippen molar-refractivity contribution in [3.63, 3.8) is 0 Å². The molecule has 0 unspecified atom stereocenters. The van der Waals surface area contributed by atoms with E-state index in [2.05, 4.69) is 21.2 Å². The molecule has 3 aromatic carbocycles. The van der Waals surface area contributed by atoms with Crippen molar-refractivity contribution in [2.45, 2.75) is 6.54 Å². The van der Waals surface area contributed by atoms with Crippen LogP contribution in [0.2, 0.25) is 0 Å². The van der Waals surface area contributed by atoms with Crippen molar-refractivity contribution in [2.24, 2.45) is 10.8 Å². The average Bonchev–Trinajstić information content (AvgIpc) is 3.50. The van der Waals surface area contributed by atoms with Crippen LogP contribution in [-0.2, 0) is 6.54 Å². The molecule has 0 saturated carbocycles. The van der Waals surface area contributed by atoms with Crippen molar-refractivity contribution >= 4 is 34.4 Å². The fourth-order valence-electron chi connectivity index (χ4n) is 4.21. The van der Waals surface area contributed by atoms with E-state index in [4.69, 9.17) is 27.8 Å². The Hall–Kier alpha value is -4.94. The molecule has 3 N–H and O–H groups in total. The van der Waals surface area contributed by atoms with Crippen molar-refractivity contribution < 1.29 is 4.74 Å². The minimum Gasteiger partial charge on any atom is -0.497 e. The van der Waals surface area contributed by atoms with Crippen LogP contribution in [0.5, 0.6) is 5.75 Å². The zero-order valence-corrected chi connectivity index (χ0v) is 20.8. The summed E-state index contributed by atoms with van der Waals surface area (Å²) in [6.45, 7) is 0.549. The summed E-state index contributed by atoms with van der Waals surface area (Å²) in [5, 5.41) is 19.5. The number of nitrogens with two attached hydrogens (primary N) is 1. The normalized spacial score (nSPS) is 11.0. The van der Waals surface area contributed by atoms with Gasteiger partial charge in [0.1, 0.15) is 5.75 Å². The Morgan fingerprint density at radius 3 is 2.62 bits per heavy atom. The van der Waals surface area contributed by atoms with Gasteiger partial charge in [-0.15, -0.1) is 0 Å². The maximum absolute atomic E-state index is 9.43. The fourth-order valence-corrected chi connectivity index (χ4v) is 4.26. The number of nitriles is 1. The van der Waals surface area contributed by atoms with Crippen molar-refractivity contribution in [3.05, 3.63) is 102 Å². The monoisotopic (exact) mass is 505 g/mol. The van der Waals surface area contributed by atoms with Crippen molar-refractivity contribution in [1.82, 2.24) is 19.8 Å². The molecule has 0 bridgehead atoms. The van der Waals surface area contributed by atoms with Gasteiger partial charge in [-0.05, 0) is 66.8 Å². The zero-order chi connectivity index (χ0) is 25.8. The summed E-state index contributed by atoms with van der Waals surface area (Å²) in [4.78, 5) is 0. The van der Waals surface area contributed by atoms with Crippen LogP contribution in [0.1, 0.15) is 16.7 Å². The van der Waals surface area contributed by atoms with Gasteiger partial charge in [-0.1, -0.05) is 18.2 Å². The van der Waals surface area contributed by atoms with E-state index >= 15 is 0 Å². The lowest BCUT2D eigenvalue weighted by Crippen LogP contribution is -2.23. The number of para-hydroxylation sites is 1. The number of fused-ring (bicyclic) bond motifs is 1. The number of hydrogen-bond acceptors (Lipinski definition) is 5. The molecule has 37 heavy (non-hydrogen) atoms. The fraction of sp³-hybridized carbons (Fsp3) is 0.0714. The number of aromatic nitrogens is 3. The summed E-state index contributed by atoms with van der Waals surface area (Å²) in [6.07, 6.45) is 5.69. The highest BCUT2D eigenvalue weighted by molar-refractivity contribution is 7.80. The molecule has 9 heteroatoms. The Balaban J connectivity index is 1.61. The Bertz CT molecular complexity index is 1640. The van der Waals surface area contributed by atoms with Gasteiger partial charge in [0.05, 0.1) is 42.9 Å². The van der Waals surface area contributed by atoms with Gasteiger partial charge in [-0.25, -0.2) is 4.68 Å². The predicted octanol–water partition coefficient (Wildman–Crippen LogP) is 4.59. The molecule has 182 valence electrons. The highest BCUT2D eigenvalue weighted by Gasteiger charge is 2.16. The number of benzene rings is 3. The van der Waals surface area contributed by atoms with Gasteiger partial charge in [0.2, 0.25) is 0 Å². The number of nitrogens with zero attached hydrogens (tertiary/aromatic N) is 5. The number of ether oxygens (including phenoxy) is 1. The molecule has 8 nitrogen and oxygen atoms in total. The number of nitrogens with one attached hydrogen (secondary N) is 1. The van der Waals surface area contributed by atoms with Gasteiger partial charge < -0.3 is 15.0 Å². The summed E-state index contributed by atoms with van der Waals surface area (Å²) in [7, 11) is 1.65. The molecule has 2 heterocycles. The first-order chi connectivity index (χ1) is 18.1. The first-order valence-corrected chi connectivity index (χ1v) is 11.9. The second kappa shape index (κ2) is 10.4. The lowest BCUT2D eigenvalue weighted by Gasteiger charge is -2.07. The van der Waals surface area contributed by atoms with E-state index in [1.165, 1.54) is 0 Å². The third-order valence-corrected chi connectivity index (χ3v) is 6.03. The van der Waals surface area contributed by atoms with Gasteiger partial charge in [0, 0.05) is 40.0 Å². The van der Waals surface area contributed by atoms with E-state index in [9.17, 15) is 5.26 Å². The second-order valence-corrected chi connectivity index (χ2v) is 8.74. The molecule has 5 rings (SSSR count). The van der Waals surface area contributed by atoms with Gasteiger partial charge in [0.15, 0.2) is 5.11 Å². The Kier molecular flexibility index (Phi) is 6.66. The molecule has 0 aliphatic heterocycles. The lowest BCUT2D eigenvalue weighted by molar-refractivity contribution is 0.415. The van der Waals surface area contributed by atoms with Crippen LogP contribution in [0.15, 0.2) is 90.3 Å². The third kappa shape index (κ3) is 5.05. The predicted molar refractivity (Wildman–Crippen MR) is 149 cm³/mol. The maximum Gasteiger partial charge on any atom is 0.184 e. The molecule has 0 saturated heterocycles. The van der Waals surface area contributed by atoms with Crippen LogP contribution in [0.4, 0.5) is 0 Å². The van der Waals surface area contributed by atoms with Crippen LogP contribution >= 0.6 is 12.2 Å². The molecule has 0 fully saturated rings. The van der Waals surface area contributed by atoms with Crippen LogP contribution in [0, 0.1) is 11.3 Å². The SMILES string of the molecule is COc1ccc(-c2nn(-c3ccccc3)cc2Cn2cc(/C=N/NC(N)=S)c3cc(C#N)ccc32)cc1. The molecule has 0 radical (unpaired) electrons. The molecule has 2 aromatic heterocycles. The Morgan fingerprint density at radius 1 is 1.14 bits per heavy atom. The highest BCUT2D eigenvalue weighted by Crippen LogP contribution is 2.29. The molecule has 5 aromatic rings. The van der Waals surface area contributed by atoms with E-state index < -0.39 is 0 Å². The van der Waals surface area contributed by atoms with Gasteiger partial charge in [-0.3, -0.25) is 5.43 Å². The number of rotatable bonds is 7. The summed E-state index contributed by atoms with van der Waals surface area (Å²) >= 11 is 4.84. The summed E-state index contributed by atoms with van der Waals surface area (Å²) in [6, 6.07) is 25.7. The lowest BCUT2D eigenvalue weighted by atomic mass is 10.1. The van der Waals surface area contributed by atoms with Crippen molar-refractivity contribution in [2.75, 3.05) is 7.11 Å². The second-order valence-electron chi connectivity index (χ2n) is 8.30. The van der Waals surface area contributed by atoms with E-state index in [0.29, 0.717) is 12.1 Å². The van der Waals surface area contributed by atoms with E-state index in [1.54, 1.807) is 13.3 Å². The number of methoxy groups -OCH3 is 1. The van der Waals surface area contributed by atoms with E-state index in [0.717, 1.165) is 44.7 Å². The van der Waals surface area contributed by atoms with Crippen LogP contribution in [0.3, 0.4) is 0 Å². The maximum atomic E-state index is 9.43. The summed E-state index contributed by atoms with van der Waals surface area (Å²) < 4.78 is 9.35. The number of thiocarbonyl (C=S) groups is 1. The standard InChI is InChI=1S/C28H23N7OS/c1-36-24-10-8-20(9-11-24)27-22(18-35(33-27)23-5-3-2-4-6-23)17-34-16-21(15-31-32-28(30)37)25-13-19(14-29)7-12-26(25)34/h2-13,15-16,18H,17H2,1H3,(H3,30,32,37)/b31-15+. The summed E-state index contributed by atoms with van der Waals surface area (Å²) in [5.41, 5.74) is 14.3. The van der Waals surface area contributed by atoms with Crippen molar-refractivity contribution in [3.8, 4) is 28.8 Å². The summed E-state index contributed by atoms with van der Waals surface area (Å²) in [5.74, 6) is 0.784.